The monoisotopic (exact) mass is 366 g/mol. The predicted octanol–water partition coefficient (Wildman–Crippen LogP) is 5.30. The fraction of sp³-hybridized carbons (Fsp3) is 0.435. The lowest BCUT2D eigenvalue weighted by Crippen LogP contribution is -2.10. The van der Waals surface area contributed by atoms with Crippen molar-refractivity contribution in [2.75, 3.05) is 6.61 Å². The SMILES string of the molecule is Cc1cc2nc(C(C)O)n(CCCOc3ccc(C(C)C)cc3)c2cc1C. The number of aromatic nitrogens is 2. The van der Waals surface area contributed by atoms with Crippen molar-refractivity contribution in [3.8, 4) is 5.75 Å². The van der Waals surface area contributed by atoms with Gasteiger partial charge in [-0.1, -0.05) is 26.0 Å². The van der Waals surface area contributed by atoms with Crippen LogP contribution in [0.5, 0.6) is 5.75 Å². The molecule has 1 atom stereocenters. The number of benzene rings is 2. The summed E-state index contributed by atoms with van der Waals surface area (Å²) in [6.07, 6.45) is 0.256. The van der Waals surface area contributed by atoms with E-state index >= 15 is 0 Å². The summed E-state index contributed by atoms with van der Waals surface area (Å²) in [6.45, 7) is 11.7. The first-order chi connectivity index (χ1) is 12.9. The minimum Gasteiger partial charge on any atom is -0.494 e. The molecule has 0 amide bonds. The molecule has 3 rings (SSSR count). The van der Waals surface area contributed by atoms with E-state index in [1.165, 1.54) is 16.7 Å². The number of hydrogen-bond acceptors (Lipinski definition) is 3. The molecule has 1 unspecified atom stereocenters. The minimum atomic E-state index is -0.595. The van der Waals surface area contributed by atoms with E-state index in [2.05, 4.69) is 61.5 Å². The van der Waals surface area contributed by atoms with Gasteiger partial charge in [-0.2, -0.15) is 0 Å². The Bertz CT molecular complexity index is 908. The molecule has 144 valence electrons. The summed E-state index contributed by atoms with van der Waals surface area (Å²) in [6, 6.07) is 12.6. The van der Waals surface area contributed by atoms with E-state index in [0.717, 1.165) is 35.6 Å². The first kappa shape index (κ1) is 19.4. The third-order valence-corrected chi connectivity index (χ3v) is 5.11. The zero-order valence-electron chi connectivity index (χ0n) is 17.0. The Balaban J connectivity index is 1.69. The zero-order chi connectivity index (χ0) is 19.6. The Morgan fingerprint density at radius 3 is 2.33 bits per heavy atom. The molecule has 0 aliphatic rings. The first-order valence-electron chi connectivity index (χ1n) is 9.75. The lowest BCUT2D eigenvalue weighted by Gasteiger charge is -2.12. The van der Waals surface area contributed by atoms with Crippen LogP contribution in [0.3, 0.4) is 0 Å². The Hall–Kier alpha value is -2.33. The summed E-state index contributed by atoms with van der Waals surface area (Å²) in [4.78, 5) is 4.65. The van der Waals surface area contributed by atoms with Crippen LogP contribution in [0.4, 0.5) is 0 Å². The van der Waals surface area contributed by atoms with Crippen molar-refractivity contribution in [3.05, 3.63) is 58.9 Å². The average Bonchev–Trinajstić information content (AvgIpc) is 2.97. The predicted molar refractivity (Wildman–Crippen MR) is 110 cm³/mol. The van der Waals surface area contributed by atoms with Crippen molar-refractivity contribution in [2.45, 2.75) is 59.6 Å². The van der Waals surface area contributed by atoms with E-state index in [0.29, 0.717) is 12.5 Å². The van der Waals surface area contributed by atoms with Gasteiger partial charge < -0.3 is 14.4 Å². The van der Waals surface area contributed by atoms with Gasteiger partial charge in [-0.05, 0) is 74.1 Å². The fourth-order valence-electron chi connectivity index (χ4n) is 3.31. The third kappa shape index (κ3) is 4.33. The Labute approximate surface area is 161 Å². The number of nitrogens with zero attached hydrogens (tertiary/aromatic N) is 2. The molecule has 1 aromatic heterocycles. The van der Waals surface area contributed by atoms with Crippen molar-refractivity contribution in [3.63, 3.8) is 0 Å². The van der Waals surface area contributed by atoms with E-state index < -0.39 is 6.10 Å². The number of rotatable bonds is 7. The van der Waals surface area contributed by atoms with E-state index in [-0.39, 0.29) is 0 Å². The van der Waals surface area contributed by atoms with Crippen LogP contribution in [0.25, 0.3) is 11.0 Å². The van der Waals surface area contributed by atoms with Crippen molar-refractivity contribution in [1.29, 1.82) is 0 Å². The van der Waals surface area contributed by atoms with Crippen LogP contribution >= 0.6 is 0 Å². The maximum absolute atomic E-state index is 10.1. The lowest BCUT2D eigenvalue weighted by molar-refractivity contribution is 0.183. The van der Waals surface area contributed by atoms with Gasteiger partial charge in [0.15, 0.2) is 0 Å². The molecule has 4 heteroatoms. The average molecular weight is 367 g/mol. The summed E-state index contributed by atoms with van der Waals surface area (Å²) in [5, 5.41) is 10.1. The van der Waals surface area contributed by atoms with Crippen molar-refractivity contribution >= 4 is 11.0 Å². The van der Waals surface area contributed by atoms with Gasteiger partial charge in [0, 0.05) is 6.54 Å². The molecule has 0 radical (unpaired) electrons. The summed E-state index contributed by atoms with van der Waals surface area (Å²) in [5.41, 5.74) is 5.80. The fourth-order valence-corrected chi connectivity index (χ4v) is 3.31. The second-order valence-corrected chi connectivity index (χ2v) is 7.65. The van der Waals surface area contributed by atoms with Gasteiger partial charge in [0.1, 0.15) is 17.7 Å². The topological polar surface area (TPSA) is 47.3 Å². The highest BCUT2D eigenvalue weighted by Gasteiger charge is 2.15. The molecule has 27 heavy (non-hydrogen) atoms. The summed E-state index contributed by atoms with van der Waals surface area (Å²) in [5.74, 6) is 2.15. The molecular weight excluding hydrogens is 336 g/mol. The maximum Gasteiger partial charge on any atom is 0.138 e. The van der Waals surface area contributed by atoms with Crippen LogP contribution in [0.2, 0.25) is 0 Å². The molecule has 0 fully saturated rings. The lowest BCUT2D eigenvalue weighted by atomic mass is 10.0. The molecule has 0 saturated carbocycles. The Morgan fingerprint density at radius 1 is 1.04 bits per heavy atom. The second-order valence-electron chi connectivity index (χ2n) is 7.65. The van der Waals surface area contributed by atoms with Gasteiger partial charge in [-0.15, -0.1) is 0 Å². The number of fused-ring (bicyclic) bond motifs is 1. The molecule has 0 saturated heterocycles. The van der Waals surface area contributed by atoms with Crippen LogP contribution in [0.1, 0.15) is 61.7 Å². The van der Waals surface area contributed by atoms with Gasteiger partial charge >= 0.3 is 0 Å². The van der Waals surface area contributed by atoms with Gasteiger partial charge in [-0.25, -0.2) is 4.98 Å². The standard InChI is InChI=1S/C23H30N2O2/c1-15(2)19-7-9-20(10-8-19)27-12-6-11-25-22-14-17(4)16(3)13-21(22)24-23(25)18(5)26/h7-10,13-15,18,26H,6,11-12H2,1-5H3. The summed E-state index contributed by atoms with van der Waals surface area (Å²) in [7, 11) is 0. The molecule has 4 nitrogen and oxygen atoms in total. The first-order valence-corrected chi connectivity index (χ1v) is 9.75. The number of aliphatic hydroxyl groups excluding tert-OH is 1. The minimum absolute atomic E-state index is 0.527. The third-order valence-electron chi connectivity index (χ3n) is 5.11. The molecule has 2 aromatic carbocycles. The number of ether oxygens (including phenoxy) is 1. The van der Waals surface area contributed by atoms with Crippen molar-refractivity contribution < 1.29 is 9.84 Å². The summed E-state index contributed by atoms with van der Waals surface area (Å²) < 4.78 is 8.02. The highest BCUT2D eigenvalue weighted by molar-refractivity contribution is 5.78. The summed E-state index contributed by atoms with van der Waals surface area (Å²) >= 11 is 0. The van der Waals surface area contributed by atoms with E-state index in [4.69, 9.17) is 4.74 Å². The molecule has 0 spiro atoms. The molecule has 0 aliphatic carbocycles. The van der Waals surface area contributed by atoms with E-state index in [1.807, 2.05) is 12.1 Å². The van der Waals surface area contributed by atoms with Gasteiger partial charge in [0.05, 0.1) is 17.6 Å². The van der Waals surface area contributed by atoms with E-state index in [1.54, 1.807) is 6.92 Å². The highest BCUT2D eigenvalue weighted by atomic mass is 16.5. The van der Waals surface area contributed by atoms with Crippen LogP contribution in [0.15, 0.2) is 36.4 Å². The van der Waals surface area contributed by atoms with Gasteiger partial charge in [0.25, 0.3) is 0 Å². The van der Waals surface area contributed by atoms with Crippen LogP contribution in [0, 0.1) is 13.8 Å². The van der Waals surface area contributed by atoms with Crippen LogP contribution in [-0.2, 0) is 6.54 Å². The van der Waals surface area contributed by atoms with Gasteiger partial charge in [0.2, 0.25) is 0 Å². The quantitative estimate of drug-likeness (QED) is 0.577. The number of aliphatic hydroxyl groups is 1. The van der Waals surface area contributed by atoms with Crippen molar-refractivity contribution in [2.24, 2.45) is 0 Å². The van der Waals surface area contributed by atoms with Crippen molar-refractivity contribution in [1.82, 2.24) is 9.55 Å². The molecule has 3 aromatic rings. The second kappa shape index (κ2) is 8.13. The normalized spacial score (nSPS) is 12.7. The smallest absolute Gasteiger partial charge is 0.138 e. The molecule has 0 aliphatic heterocycles. The van der Waals surface area contributed by atoms with Crippen LogP contribution in [-0.4, -0.2) is 21.3 Å². The number of imidazole rings is 1. The molecular formula is C23H30N2O2. The Kier molecular flexibility index (Phi) is 5.85. The highest BCUT2D eigenvalue weighted by Crippen LogP contribution is 2.24. The molecule has 0 bridgehead atoms. The molecule has 1 N–H and O–H groups in total. The zero-order valence-corrected chi connectivity index (χ0v) is 17.0. The maximum atomic E-state index is 10.1. The largest absolute Gasteiger partial charge is 0.494 e. The van der Waals surface area contributed by atoms with Gasteiger partial charge in [-0.3, -0.25) is 0 Å². The Morgan fingerprint density at radius 2 is 1.70 bits per heavy atom. The van der Waals surface area contributed by atoms with Crippen LogP contribution < -0.4 is 4.74 Å². The number of aryl methyl sites for hydroxylation is 3. The number of hydrogen-bond donors (Lipinski definition) is 1. The molecule has 1 heterocycles. The van der Waals surface area contributed by atoms with E-state index in [9.17, 15) is 5.11 Å².